The fourth-order valence-electron chi connectivity index (χ4n) is 1.79. The lowest BCUT2D eigenvalue weighted by Gasteiger charge is -2.21. The fourth-order valence-corrected chi connectivity index (χ4v) is 2.41. The first-order valence-electron chi connectivity index (χ1n) is 5.83. The minimum absolute atomic E-state index is 0.0253. The summed E-state index contributed by atoms with van der Waals surface area (Å²) in [7, 11) is 0. The molecule has 1 aromatic rings. The molecular formula is C14H14BrNOS. The predicted molar refractivity (Wildman–Crippen MR) is 78.9 cm³/mol. The zero-order valence-electron chi connectivity index (χ0n) is 9.90. The van der Waals surface area contributed by atoms with Gasteiger partial charge in [0.05, 0.1) is 12.1 Å². The van der Waals surface area contributed by atoms with Gasteiger partial charge in [-0.3, -0.25) is 4.79 Å². The Balaban J connectivity index is 2.20. The summed E-state index contributed by atoms with van der Waals surface area (Å²) in [6.07, 6.45) is 7.73. The van der Waals surface area contributed by atoms with Crippen LogP contribution in [0.1, 0.15) is 23.2 Å². The Hall–Kier alpha value is -0.920. The van der Waals surface area contributed by atoms with Crippen LogP contribution in [-0.4, -0.2) is 23.9 Å². The number of nitrogens with zero attached hydrogens (tertiary/aromatic N) is 1. The van der Waals surface area contributed by atoms with Crippen LogP contribution in [-0.2, 0) is 0 Å². The topological polar surface area (TPSA) is 20.3 Å². The Morgan fingerprint density at radius 3 is 2.89 bits per heavy atom. The minimum atomic E-state index is -0.0253. The van der Waals surface area contributed by atoms with Crippen LogP contribution < -0.4 is 0 Å². The summed E-state index contributed by atoms with van der Waals surface area (Å²) in [5.41, 5.74) is 0.624. The Bertz CT molecular complexity index is 505. The molecule has 0 N–H and O–H groups in total. The fraction of sp³-hybridized carbons (Fsp3) is 0.357. The summed E-state index contributed by atoms with van der Waals surface area (Å²) in [4.78, 5) is 15.0. The molecule has 1 saturated carbocycles. The summed E-state index contributed by atoms with van der Waals surface area (Å²) >= 11 is 7.67. The van der Waals surface area contributed by atoms with E-state index in [0.29, 0.717) is 18.0 Å². The Labute approximate surface area is 121 Å². The highest BCUT2D eigenvalue weighted by Crippen LogP contribution is 2.30. The Morgan fingerprint density at radius 1 is 1.56 bits per heavy atom. The average molecular weight is 324 g/mol. The van der Waals surface area contributed by atoms with E-state index in [1.54, 1.807) is 11.0 Å². The molecule has 0 atom stereocenters. The van der Waals surface area contributed by atoms with Gasteiger partial charge in [-0.2, -0.15) is 0 Å². The molecule has 0 saturated heterocycles. The summed E-state index contributed by atoms with van der Waals surface area (Å²) in [6.45, 7) is 1.12. The summed E-state index contributed by atoms with van der Waals surface area (Å²) in [5, 5.41) is 0. The van der Waals surface area contributed by atoms with Gasteiger partial charge in [-0.25, -0.2) is 0 Å². The molecule has 2 nitrogen and oxygen atoms in total. The van der Waals surface area contributed by atoms with Gasteiger partial charge in [0.15, 0.2) is 0 Å². The van der Waals surface area contributed by atoms with Gasteiger partial charge in [-0.1, -0.05) is 5.92 Å². The second-order valence-electron chi connectivity index (χ2n) is 4.50. The van der Waals surface area contributed by atoms with E-state index in [0.717, 1.165) is 15.9 Å². The summed E-state index contributed by atoms with van der Waals surface area (Å²) in [5.74, 6) is 3.16. The van der Waals surface area contributed by atoms with Gasteiger partial charge in [0.25, 0.3) is 5.91 Å². The molecule has 1 aliphatic carbocycles. The van der Waals surface area contributed by atoms with Gasteiger partial charge < -0.3 is 4.90 Å². The number of benzene rings is 1. The molecule has 0 aliphatic heterocycles. The first-order chi connectivity index (χ1) is 8.61. The summed E-state index contributed by atoms with van der Waals surface area (Å²) < 4.78 is 0.781. The van der Waals surface area contributed by atoms with E-state index >= 15 is 0 Å². The van der Waals surface area contributed by atoms with Gasteiger partial charge in [-0.15, -0.1) is 19.1 Å². The molecule has 0 radical (unpaired) electrons. The maximum Gasteiger partial charge on any atom is 0.255 e. The molecule has 1 aromatic carbocycles. The number of halogens is 1. The molecule has 0 heterocycles. The van der Waals surface area contributed by atoms with Crippen molar-refractivity contribution in [2.45, 2.75) is 17.7 Å². The number of carbonyl (C=O) groups excluding carboxylic acids is 1. The van der Waals surface area contributed by atoms with E-state index in [1.807, 2.05) is 12.1 Å². The van der Waals surface area contributed by atoms with Gasteiger partial charge in [-0.05, 0) is 52.9 Å². The number of amides is 1. The first kappa shape index (κ1) is 13.5. The molecule has 18 heavy (non-hydrogen) atoms. The standard InChI is InChI=1S/C14H14BrNOS/c1-2-7-16(9-10-3-4-10)14(17)12-8-11(18)5-6-13(12)15/h1,5-6,8,10,18H,3-4,7,9H2. The minimum Gasteiger partial charge on any atom is -0.327 e. The first-order valence-corrected chi connectivity index (χ1v) is 7.07. The van der Waals surface area contributed by atoms with Crippen LogP contribution in [0.5, 0.6) is 0 Å². The quantitative estimate of drug-likeness (QED) is 0.666. The molecule has 1 amide bonds. The van der Waals surface area contributed by atoms with Crippen molar-refractivity contribution in [3.63, 3.8) is 0 Å². The second kappa shape index (κ2) is 5.81. The monoisotopic (exact) mass is 323 g/mol. The zero-order valence-corrected chi connectivity index (χ0v) is 12.4. The molecule has 94 valence electrons. The third-order valence-corrected chi connectivity index (χ3v) is 3.89. The number of hydrogen-bond acceptors (Lipinski definition) is 2. The molecule has 4 heteroatoms. The number of thiol groups is 1. The van der Waals surface area contributed by atoms with E-state index < -0.39 is 0 Å². The molecular weight excluding hydrogens is 310 g/mol. The van der Waals surface area contributed by atoms with Gasteiger partial charge in [0.1, 0.15) is 0 Å². The van der Waals surface area contributed by atoms with Crippen molar-refractivity contribution >= 4 is 34.5 Å². The van der Waals surface area contributed by atoms with Crippen LogP contribution in [0, 0.1) is 18.3 Å². The average Bonchev–Trinajstić information content (AvgIpc) is 3.15. The van der Waals surface area contributed by atoms with E-state index in [4.69, 9.17) is 6.42 Å². The second-order valence-corrected chi connectivity index (χ2v) is 5.87. The highest BCUT2D eigenvalue weighted by atomic mass is 79.9. The van der Waals surface area contributed by atoms with Crippen LogP contribution in [0.4, 0.5) is 0 Å². The smallest absolute Gasteiger partial charge is 0.255 e. The van der Waals surface area contributed by atoms with E-state index in [2.05, 4.69) is 34.5 Å². The molecule has 2 rings (SSSR count). The Kier molecular flexibility index (Phi) is 4.36. The van der Waals surface area contributed by atoms with E-state index in [9.17, 15) is 4.79 Å². The van der Waals surface area contributed by atoms with Crippen LogP contribution >= 0.6 is 28.6 Å². The van der Waals surface area contributed by atoms with Crippen molar-refractivity contribution in [2.24, 2.45) is 5.92 Å². The normalized spacial score (nSPS) is 14.1. The van der Waals surface area contributed by atoms with Gasteiger partial charge in [0.2, 0.25) is 0 Å². The zero-order chi connectivity index (χ0) is 13.1. The maximum absolute atomic E-state index is 12.4. The lowest BCUT2D eigenvalue weighted by molar-refractivity contribution is 0.0768. The SMILES string of the molecule is C#CCN(CC1CC1)C(=O)c1cc(S)ccc1Br. The van der Waals surface area contributed by atoms with E-state index in [1.165, 1.54) is 12.8 Å². The summed E-state index contributed by atoms with van der Waals surface area (Å²) in [6, 6.07) is 5.45. The van der Waals surface area contributed by atoms with Crippen LogP contribution in [0.15, 0.2) is 27.6 Å². The molecule has 0 unspecified atom stereocenters. The van der Waals surface area contributed by atoms with Gasteiger partial charge >= 0.3 is 0 Å². The van der Waals surface area contributed by atoms with Crippen molar-refractivity contribution in [2.75, 3.05) is 13.1 Å². The Morgan fingerprint density at radius 2 is 2.28 bits per heavy atom. The van der Waals surface area contributed by atoms with Crippen molar-refractivity contribution in [3.05, 3.63) is 28.2 Å². The maximum atomic E-state index is 12.4. The van der Waals surface area contributed by atoms with Crippen LogP contribution in [0.25, 0.3) is 0 Å². The van der Waals surface area contributed by atoms with Crippen molar-refractivity contribution in [1.82, 2.24) is 4.90 Å². The number of rotatable bonds is 4. The van der Waals surface area contributed by atoms with Crippen LogP contribution in [0.3, 0.4) is 0 Å². The molecule has 1 aliphatic rings. The number of carbonyl (C=O) groups is 1. The third kappa shape index (κ3) is 3.30. The lowest BCUT2D eigenvalue weighted by atomic mass is 10.2. The predicted octanol–water partition coefficient (Wildman–Crippen LogP) is 3.22. The molecule has 0 bridgehead atoms. The van der Waals surface area contributed by atoms with E-state index in [-0.39, 0.29) is 5.91 Å². The highest BCUT2D eigenvalue weighted by Gasteiger charge is 2.27. The van der Waals surface area contributed by atoms with Crippen LogP contribution in [0.2, 0.25) is 0 Å². The molecule has 0 aromatic heterocycles. The molecule has 1 fully saturated rings. The van der Waals surface area contributed by atoms with Crippen molar-refractivity contribution < 1.29 is 4.79 Å². The lowest BCUT2D eigenvalue weighted by Crippen LogP contribution is -2.33. The largest absolute Gasteiger partial charge is 0.327 e. The molecule has 0 spiro atoms. The highest BCUT2D eigenvalue weighted by molar-refractivity contribution is 9.10. The number of terminal acetylenes is 1. The third-order valence-electron chi connectivity index (χ3n) is 2.93. The van der Waals surface area contributed by atoms with Crippen molar-refractivity contribution in [1.29, 1.82) is 0 Å². The van der Waals surface area contributed by atoms with Crippen molar-refractivity contribution in [3.8, 4) is 12.3 Å². The number of hydrogen-bond donors (Lipinski definition) is 1. The van der Waals surface area contributed by atoms with Gasteiger partial charge in [0, 0.05) is 15.9 Å².